The fourth-order valence-corrected chi connectivity index (χ4v) is 0.615. The zero-order valence-corrected chi connectivity index (χ0v) is 5.42. The van der Waals surface area contributed by atoms with Crippen LogP contribution in [0.2, 0.25) is 0 Å². The van der Waals surface area contributed by atoms with Crippen molar-refractivity contribution in [1.82, 2.24) is 0 Å². The molecule has 9 heavy (non-hydrogen) atoms. The van der Waals surface area contributed by atoms with Crippen LogP contribution in [0.15, 0.2) is 29.1 Å². The molecule has 0 aromatic rings. The molecular formula is C7H9NO. The molecule has 1 aliphatic heterocycles. The molecule has 1 heterocycles. The standard InChI is InChI=1S/C7H9NO/c1-6-3-4-7(9-2)5-8-6/h4-5H,1,3H2,2H3. The largest absolute Gasteiger partial charge is 0.495 e. The highest BCUT2D eigenvalue weighted by Gasteiger charge is 1.97. The number of ether oxygens (including phenoxy) is 1. The van der Waals surface area contributed by atoms with Crippen LogP contribution in [0.5, 0.6) is 0 Å². The first-order valence-corrected chi connectivity index (χ1v) is 2.79. The zero-order valence-electron chi connectivity index (χ0n) is 5.42. The molecule has 2 nitrogen and oxygen atoms in total. The van der Waals surface area contributed by atoms with Gasteiger partial charge in [0.25, 0.3) is 0 Å². The van der Waals surface area contributed by atoms with E-state index in [0.717, 1.165) is 17.9 Å². The number of hydrogen-bond acceptors (Lipinski definition) is 2. The van der Waals surface area contributed by atoms with Gasteiger partial charge >= 0.3 is 0 Å². The third kappa shape index (κ3) is 1.42. The normalized spacial score (nSPS) is 17.4. The number of allylic oxidation sites excluding steroid dienone is 2. The van der Waals surface area contributed by atoms with Crippen molar-refractivity contribution < 1.29 is 4.74 Å². The molecule has 0 saturated carbocycles. The number of rotatable bonds is 1. The van der Waals surface area contributed by atoms with E-state index < -0.39 is 0 Å². The maximum atomic E-state index is 4.91. The van der Waals surface area contributed by atoms with Gasteiger partial charge < -0.3 is 4.74 Å². The SMILES string of the molecule is C=C1CC=C(OC)C=N1. The van der Waals surface area contributed by atoms with Gasteiger partial charge in [0.2, 0.25) is 0 Å². The van der Waals surface area contributed by atoms with Crippen molar-refractivity contribution in [3.05, 3.63) is 24.1 Å². The van der Waals surface area contributed by atoms with E-state index >= 15 is 0 Å². The summed E-state index contributed by atoms with van der Waals surface area (Å²) in [5.41, 5.74) is 0.885. The van der Waals surface area contributed by atoms with Gasteiger partial charge in [-0.15, -0.1) is 0 Å². The number of dihydropyridines is 1. The van der Waals surface area contributed by atoms with Crippen LogP contribution < -0.4 is 0 Å². The van der Waals surface area contributed by atoms with Crippen molar-refractivity contribution in [3.8, 4) is 0 Å². The van der Waals surface area contributed by atoms with E-state index in [9.17, 15) is 0 Å². The summed E-state index contributed by atoms with van der Waals surface area (Å²) in [6, 6.07) is 0. The minimum atomic E-state index is 0.805. The summed E-state index contributed by atoms with van der Waals surface area (Å²) < 4.78 is 4.91. The Bertz CT molecular complexity index is 179. The van der Waals surface area contributed by atoms with Crippen LogP contribution in [0, 0.1) is 0 Å². The summed E-state index contributed by atoms with van der Waals surface area (Å²) in [5, 5.41) is 0. The van der Waals surface area contributed by atoms with Crippen molar-refractivity contribution in [3.63, 3.8) is 0 Å². The summed E-state index contributed by atoms with van der Waals surface area (Å²) >= 11 is 0. The molecule has 0 unspecified atom stereocenters. The molecule has 48 valence electrons. The molecular weight excluding hydrogens is 114 g/mol. The van der Waals surface area contributed by atoms with E-state index in [4.69, 9.17) is 4.74 Å². The highest BCUT2D eigenvalue weighted by Crippen LogP contribution is 2.09. The zero-order chi connectivity index (χ0) is 6.69. The number of nitrogens with zero attached hydrogens (tertiary/aromatic N) is 1. The third-order valence-corrected chi connectivity index (χ3v) is 1.15. The summed E-state index contributed by atoms with van der Waals surface area (Å²) in [4.78, 5) is 3.97. The maximum Gasteiger partial charge on any atom is 0.133 e. The lowest BCUT2D eigenvalue weighted by atomic mass is 10.2. The second kappa shape index (κ2) is 2.49. The van der Waals surface area contributed by atoms with E-state index in [2.05, 4.69) is 11.6 Å². The molecule has 1 rings (SSSR count). The summed E-state index contributed by atoms with van der Waals surface area (Å²) in [5.74, 6) is 0.822. The van der Waals surface area contributed by atoms with Crippen LogP contribution in [0.1, 0.15) is 6.42 Å². The molecule has 0 aromatic heterocycles. The van der Waals surface area contributed by atoms with E-state index in [1.54, 1.807) is 13.3 Å². The van der Waals surface area contributed by atoms with Gasteiger partial charge in [0.05, 0.1) is 13.3 Å². The van der Waals surface area contributed by atoms with Gasteiger partial charge in [-0.1, -0.05) is 6.58 Å². The van der Waals surface area contributed by atoms with Crippen LogP contribution in [0.4, 0.5) is 0 Å². The van der Waals surface area contributed by atoms with Gasteiger partial charge in [0.1, 0.15) is 5.76 Å². The van der Waals surface area contributed by atoms with Crippen molar-refractivity contribution in [2.45, 2.75) is 6.42 Å². The van der Waals surface area contributed by atoms with E-state index in [-0.39, 0.29) is 0 Å². The Morgan fingerprint density at radius 1 is 1.78 bits per heavy atom. The van der Waals surface area contributed by atoms with Crippen molar-refractivity contribution in [2.24, 2.45) is 4.99 Å². The van der Waals surface area contributed by atoms with Gasteiger partial charge in [-0.05, 0) is 6.08 Å². The van der Waals surface area contributed by atoms with Crippen LogP contribution in [0.25, 0.3) is 0 Å². The Balaban J connectivity index is 2.63. The molecule has 0 N–H and O–H groups in total. The lowest BCUT2D eigenvalue weighted by molar-refractivity contribution is 0.315. The molecule has 0 radical (unpaired) electrons. The van der Waals surface area contributed by atoms with Crippen LogP contribution >= 0.6 is 0 Å². The van der Waals surface area contributed by atoms with Crippen molar-refractivity contribution in [1.29, 1.82) is 0 Å². The molecule has 0 spiro atoms. The molecule has 0 saturated heterocycles. The molecule has 0 aliphatic carbocycles. The van der Waals surface area contributed by atoms with Gasteiger partial charge in [-0.2, -0.15) is 0 Å². The first kappa shape index (κ1) is 6.08. The number of aliphatic imine (C=N–C) groups is 1. The highest BCUT2D eigenvalue weighted by atomic mass is 16.5. The number of hydrogen-bond donors (Lipinski definition) is 0. The molecule has 0 bridgehead atoms. The Morgan fingerprint density at radius 3 is 3.00 bits per heavy atom. The van der Waals surface area contributed by atoms with Crippen LogP contribution in [0.3, 0.4) is 0 Å². The predicted molar refractivity (Wildman–Crippen MR) is 37.3 cm³/mol. The lowest BCUT2D eigenvalue weighted by Crippen LogP contribution is -1.93. The highest BCUT2D eigenvalue weighted by molar-refractivity contribution is 5.78. The fraction of sp³-hybridized carbons (Fsp3) is 0.286. The van der Waals surface area contributed by atoms with E-state index in [1.165, 1.54) is 0 Å². The van der Waals surface area contributed by atoms with Gasteiger partial charge in [-0.25, -0.2) is 0 Å². The topological polar surface area (TPSA) is 21.6 Å². The second-order valence-corrected chi connectivity index (χ2v) is 1.84. The minimum Gasteiger partial charge on any atom is -0.495 e. The quantitative estimate of drug-likeness (QED) is 0.517. The molecule has 2 heteroatoms. The van der Waals surface area contributed by atoms with E-state index in [0.29, 0.717) is 0 Å². The number of methoxy groups -OCH3 is 1. The lowest BCUT2D eigenvalue weighted by Gasteiger charge is -2.04. The maximum absolute atomic E-state index is 4.91. The van der Waals surface area contributed by atoms with Gasteiger partial charge in [0.15, 0.2) is 0 Å². The first-order valence-electron chi connectivity index (χ1n) is 2.79. The smallest absolute Gasteiger partial charge is 0.133 e. The van der Waals surface area contributed by atoms with Crippen molar-refractivity contribution in [2.75, 3.05) is 7.11 Å². The first-order chi connectivity index (χ1) is 4.33. The predicted octanol–water partition coefficient (Wildman–Crippen LogP) is 1.50. The second-order valence-electron chi connectivity index (χ2n) is 1.84. The van der Waals surface area contributed by atoms with Gasteiger partial charge in [-0.3, -0.25) is 4.99 Å². The summed E-state index contributed by atoms with van der Waals surface area (Å²) in [6.07, 6.45) is 4.43. The molecule has 0 amide bonds. The molecule has 0 atom stereocenters. The Kier molecular flexibility index (Phi) is 1.68. The third-order valence-electron chi connectivity index (χ3n) is 1.15. The minimum absolute atomic E-state index is 0.805. The van der Waals surface area contributed by atoms with E-state index in [1.807, 2.05) is 6.08 Å². The Hall–Kier alpha value is -1.05. The molecule has 0 aromatic carbocycles. The molecule has 0 fully saturated rings. The Morgan fingerprint density at radius 2 is 2.56 bits per heavy atom. The summed E-state index contributed by atoms with van der Waals surface area (Å²) in [7, 11) is 1.63. The van der Waals surface area contributed by atoms with Gasteiger partial charge in [0, 0.05) is 12.1 Å². The van der Waals surface area contributed by atoms with Crippen LogP contribution in [-0.2, 0) is 4.74 Å². The average Bonchev–Trinajstić information content (AvgIpc) is 1.90. The van der Waals surface area contributed by atoms with Crippen LogP contribution in [-0.4, -0.2) is 13.3 Å². The fourth-order valence-electron chi connectivity index (χ4n) is 0.615. The van der Waals surface area contributed by atoms with Crippen molar-refractivity contribution >= 4 is 6.21 Å². The molecule has 1 aliphatic rings. The average molecular weight is 123 g/mol. The Labute approximate surface area is 54.6 Å². The summed E-state index contributed by atoms with van der Waals surface area (Å²) in [6.45, 7) is 3.68. The monoisotopic (exact) mass is 123 g/mol.